The first-order valence-electron chi connectivity index (χ1n) is 7.42. The van der Waals surface area contributed by atoms with Crippen LogP contribution in [0.2, 0.25) is 0 Å². The average molecular weight is 290 g/mol. The molecule has 0 fully saturated rings. The molecule has 0 aliphatic carbocycles. The minimum absolute atomic E-state index is 0.0465. The second kappa shape index (κ2) is 7.11. The van der Waals surface area contributed by atoms with Crippen molar-refractivity contribution < 1.29 is 14.7 Å². The van der Waals surface area contributed by atoms with E-state index in [0.29, 0.717) is 13.0 Å². The van der Waals surface area contributed by atoms with E-state index in [1.807, 2.05) is 23.1 Å². The molecular weight excluding hydrogens is 268 g/mol. The van der Waals surface area contributed by atoms with Gasteiger partial charge in [-0.05, 0) is 37.3 Å². The van der Waals surface area contributed by atoms with E-state index in [-0.39, 0.29) is 12.5 Å². The number of fused-ring (bicyclic) bond motifs is 1. The van der Waals surface area contributed by atoms with Crippen LogP contribution >= 0.6 is 0 Å². The summed E-state index contributed by atoms with van der Waals surface area (Å²) < 4.78 is 0. The first kappa shape index (κ1) is 15.4. The summed E-state index contributed by atoms with van der Waals surface area (Å²) in [5.74, 6) is -0.823. The number of carboxylic acids is 1. The maximum atomic E-state index is 12.6. The number of carbonyl (C=O) groups excluding carboxylic acids is 1. The first-order valence-corrected chi connectivity index (χ1v) is 7.42. The Kier molecular flexibility index (Phi) is 5.20. The number of amides is 2. The molecule has 2 amide bonds. The highest BCUT2D eigenvalue weighted by atomic mass is 16.4. The number of para-hydroxylation sites is 1. The zero-order chi connectivity index (χ0) is 15.2. The number of anilines is 1. The van der Waals surface area contributed by atoms with Crippen molar-refractivity contribution in [1.29, 1.82) is 0 Å². The molecule has 0 saturated carbocycles. The number of rotatable bonds is 4. The Labute approximate surface area is 125 Å². The van der Waals surface area contributed by atoms with E-state index in [0.717, 1.165) is 31.5 Å². The standard InChI is InChI=1S/C16H22N2O3/c1-17(11-6-10-15(19)20)16(21)18-12-5-4-8-13-7-2-3-9-14(13)18/h2-3,7,9H,4-6,8,10-12H2,1H3,(H,19,20). The van der Waals surface area contributed by atoms with Gasteiger partial charge in [-0.1, -0.05) is 18.2 Å². The first-order chi connectivity index (χ1) is 10.1. The number of urea groups is 1. The Morgan fingerprint density at radius 2 is 2.05 bits per heavy atom. The van der Waals surface area contributed by atoms with Crippen molar-refractivity contribution in [2.75, 3.05) is 25.0 Å². The van der Waals surface area contributed by atoms with Gasteiger partial charge in [0.25, 0.3) is 0 Å². The number of hydrogen-bond donors (Lipinski definition) is 1. The summed E-state index contributed by atoms with van der Waals surface area (Å²) in [6.07, 6.45) is 3.65. The molecule has 5 nitrogen and oxygen atoms in total. The maximum absolute atomic E-state index is 12.6. The molecule has 0 atom stereocenters. The second-order valence-corrected chi connectivity index (χ2v) is 5.44. The van der Waals surface area contributed by atoms with E-state index >= 15 is 0 Å². The summed E-state index contributed by atoms with van der Waals surface area (Å²) in [6, 6.07) is 7.97. The van der Waals surface area contributed by atoms with Gasteiger partial charge in [0.2, 0.25) is 0 Å². The molecule has 1 N–H and O–H groups in total. The lowest BCUT2D eigenvalue weighted by Gasteiger charge is -2.28. The van der Waals surface area contributed by atoms with Gasteiger partial charge >= 0.3 is 12.0 Å². The topological polar surface area (TPSA) is 60.9 Å². The summed E-state index contributed by atoms with van der Waals surface area (Å²) in [5, 5.41) is 8.67. The van der Waals surface area contributed by atoms with Crippen molar-refractivity contribution >= 4 is 17.7 Å². The maximum Gasteiger partial charge on any atom is 0.324 e. The van der Waals surface area contributed by atoms with Gasteiger partial charge in [0, 0.05) is 32.2 Å². The van der Waals surface area contributed by atoms with Crippen LogP contribution in [0, 0.1) is 0 Å². The van der Waals surface area contributed by atoms with E-state index in [4.69, 9.17) is 5.11 Å². The van der Waals surface area contributed by atoms with Crippen LogP contribution in [0.5, 0.6) is 0 Å². The number of nitrogens with zero attached hydrogens (tertiary/aromatic N) is 2. The minimum Gasteiger partial charge on any atom is -0.481 e. The van der Waals surface area contributed by atoms with Gasteiger partial charge in [-0.3, -0.25) is 9.69 Å². The Morgan fingerprint density at radius 1 is 1.29 bits per heavy atom. The Bertz CT molecular complexity index is 516. The third-order valence-electron chi connectivity index (χ3n) is 3.80. The molecule has 1 heterocycles. The average Bonchev–Trinajstić information content (AvgIpc) is 2.68. The quantitative estimate of drug-likeness (QED) is 0.927. The predicted molar refractivity (Wildman–Crippen MR) is 81.6 cm³/mol. The number of benzene rings is 1. The van der Waals surface area contributed by atoms with Crippen LogP contribution < -0.4 is 4.90 Å². The highest BCUT2D eigenvalue weighted by Gasteiger charge is 2.23. The largest absolute Gasteiger partial charge is 0.481 e. The number of aliphatic carboxylic acids is 1. The van der Waals surface area contributed by atoms with Gasteiger partial charge in [-0.25, -0.2) is 4.79 Å². The zero-order valence-corrected chi connectivity index (χ0v) is 12.4. The van der Waals surface area contributed by atoms with Crippen molar-refractivity contribution in [3.8, 4) is 0 Å². The summed E-state index contributed by atoms with van der Waals surface area (Å²) >= 11 is 0. The van der Waals surface area contributed by atoms with Crippen LogP contribution in [-0.4, -0.2) is 42.1 Å². The van der Waals surface area contributed by atoms with E-state index in [1.165, 1.54) is 5.56 Å². The number of carbonyl (C=O) groups is 2. The minimum atomic E-state index is -0.823. The van der Waals surface area contributed by atoms with Crippen LogP contribution in [0.3, 0.4) is 0 Å². The normalized spacial score (nSPS) is 14.2. The number of hydrogen-bond acceptors (Lipinski definition) is 2. The molecule has 5 heteroatoms. The van der Waals surface area contributed by atoms with Gasteiger partial charge in [0.1, 0.15) is 0 Å². The molecule has 1 aliphatic heterocycles. The van der Waals surface area contributed by atoms with Gasteiger partial charge in [0.05, 0.1) is 0 Å². The molecule has 1 aromatic carbocycles. The van der Waals surface area contributed by atoms with Crippen LogP contribution in [0.15, 0.2) is 24.3 Å². The molecule has 0 saturated heterocycles. The summed E-state index contributed by atoms with van der Waals surface area (Å²) in [7, 11) is 1.73. The summed E-state index contributed by atoms with van der Waals surface area (Å²) in [6.45, 7) is 1.18. The van der Waals surface area contributed by atoms with Crippen LogP contribution in [0.25, 0.3) is 0 Å². The van der Waals surface area contributed by atoms with Crippen LogP contribution in [0.1, 0.15) is 31.2 Å². The van der Waals surface area contributed by atoms with Crippen LogP contribution in [0.4, 0.5) is 10.5 Å². The van der Waals surface area contributed by atoms with E-state index < -0.39 is 5.97 Å². The van der Waals surface area contributed by atoms with Crippen molar-refractivity contribution in [2.45, 2.75) is 32.1 Å². The number of aryl methyl sites for hydroxylation is 1. The highest BCUT2D eigenvalue weighted by Crippen LogP contribution is 2.26. The van der Waals surface area contributed by atoms with Gasteiger partial charge in [-0.15, -0.1) is 0 Å². The van der Waals surface area contributed by atoms with Crippen molar-refractivity contribution in [3.05, 3.63) is 29.8 Å². The smallest absolute Gasteiger partial charge is 0.324 e. The highest BCUT2D eigenvalue weighted by molar-refractivity contribution is 5.92. The van der Waals surface area contributed by atoms with Crippen molar-refractivity contribution in [2.24, 2.45) is 0 Å². The van der Waals surface area contributed by atoms with Gasteiger partial charge in [0.15, 0.2) is 0 Å². The molecule has 2 rings (SSSR count). The lowest BCUT2D eigenvalue weighted by molar-refractivity contribution is -0.137. The van der Waals surface area contributed by atoms with Crippen molar-refractivity contribution in [1.82, 2.24) is 4.90 Å². The lowest BCUT2D eigenvalue weighted by atomic mass is 10.1. The summed E-state index contributed by atoms with van der Waals surface area (Å²) in [5.41, 5.74) is 2.20. The van der Waals surface area contributed by atoms with Crippen LogP contribution in [-0.2, 0) is 11.2 Å². The molecule has 1 aliphatic rings. The molecule has 0 bridgehead atoms. The third-order valence-corrected chi connectivity index (χ3v) is 3.80. The molecule has 21 heavy (non-hydrogen) atoms. The summed E-state index contributed by atoms with van der Waals surface area (Å²) in [4.78, 5) is 26.6. The molecule has 0 radical (unpaired) electrons. The monoisotopic (exact) mass is 290 g/mol. The predicted octanol–water partition coefficient (Wildman–Crippen LogP) is 2.75. The fourth-order valence-corrected chi connectivity index (χ4v) is 2.66. The molecule has 1 aromatic rings. The fraction of sp³-hybridized carbons (Fsp3) is 0.500. The fourth-order valence-electron chi connectivity index (χ4n) is 2.66. The van der Waals surface area contributed by atoms with Gasteiger partial charge in [-0.2, -0.15) is 0 Å². The third kappa shape index (κ3) is 3.97. The molecule has 0 spiro atoms. The second-order valence-electron chi connectivity index (χ2n) is 5.44. The molecule has 0 unspecified atom stereocenters. The van der Waals surface area contributed by atoms with E-state index in [2.05, 4.69) is 6.07 Å². The molecular formula is C16H22N2O3. The van der Waals surface area contributed by atoms with Crippen molar-refractivity contribution in [3.63, 3.8) is 0 Å². The Hall–Kier alpha value is -2.04. The van der Waals surface area contributed by atoms with E-state index in [9.17, 15) is 9.59 Å². The Morgan fingerprint density at radius 3 is 2.81 bits per heavy atom. The van der Waals surface area contributed by atoms with E-state index in [1.54, 1.807) is 11.9 Å². The zero-order valence-electron chi connectivity index (χ0n) is 12.4. The SMILES string of the molecule is CN(CCCC(=O)O)C(=O)N1CCCCc2ccccc21. The molecule has 114 valence electrons. The van der Waals surface area contributed by atoms with Gasteiger partial charge < -0.3 is 10.0 Å². The molecule has 0 aromatic heterocycles. The lowest BCUT2D eigenvalue weighted by Crippen LogP contribution is -2.42. The Balaban J connectivity index is 2.06. The number of carboxylic acid groups (broad SMARTS) is 1.